The maximum Gasteiger partial charge on any atom is 0.341 e. The monoisotopic (exact) mass is 358 g/mol. The number of anilines is 1. The molecule has 134 valence electrons. The minimum absolute atomic E-state index is 0.256. The first-order valence-electron chi connectivity index (χ1n) is 8.53. The van der Waals surface area contributed by atoms with Crippen LogP contribution in [0.5, 0.6) is 0 Å². The number of alkyl halides is 2. The molecule has 1 atom stereocenters. The van der Waals surface area contributed by atoms with Crippen LogP contribution in [-0.2, 0) is 9.84 Å². The molecule has 2 saturated heterocycles. The van der Waals surface area contributed by atoms with Gasteiger partial charge in [-0.2, -0.15) is 8.78 Å². The minimum atomic E-state index is -4.58. The Labute approximate surface area is 142 Å². The lowest BCUT2D eigenvalue weighted by molar-refractivity contribution is 0.163. The van der Waals surface area contributed by atoms with Crippen molar-refractivity contribution in [3.8, 4) is 0 Å². The fourth-order valence-electron chi connectivity index (χ4n) is 3.99. The van der Waals surface area contributed by atoms with E-state index in [-0.39, 0.29) is 4.90 Å². The van der Waals surface area contributed by atoms with Gasteiger partial charge in [-0.25, -0.2) is 8.42 Å². The summed E-state index contributed by atoms with van der Waals surface area (Å²) in [6, 6.07) is 7.23. The molecule has 2 heterocycles. The van der Waals surface area contributed by atoms with Crippen molar-refractivity contribution < 1.29 is 17.2 Å². The standard InChI is InChI=1S/C17H24F2N2O2S/c1-13-5-4-10-21(13)14-8-11-20(12-9-14)15-6-2-3-7-16(15)24(22,23)17(18)19/h2-3,6-7,13-14,17H,4-5,8-12H2,1H3. The Hall–Kier alpha value is -1.21. The van der Waals surface area contributed by atoms with Gasteiger partial charge in [0.2, 0.25) is 9.84 Å². The van der Waals surface area contributed by atoms with Gasteiger partial charge in [-0.3, -0.25) is 4.90 Å². The summed E-state index contributed by atoms with van der Waals surface area (Å²) >= 11 is 0. The van der Waals surface area contributed by atoms with E-state index in [0.29, 0.717) is 30.9 Å². The number of sulfone groups is 1. The van der Waals surface area contributed by atoms with Gasteiger partial charge in [0.15, 0.2) is 0 Å². The summed E-state index contributed by atoms with van der Waals surface area (Å²) in [6.45, 7) is 4.78. The van der Waals surface area contributed by atoms with Crippen molar-refractivity contribution in [1.82, 2.24) is 4.90 Å². The van der Waals surface area contributed by atoms with E-state index in [2.05, 4.69) is 11.8 Å². The summed E-state index contributed by atoms with van der Waals surface area (Å²) in [5.74, 6) is -3.39. The quantitative estimate of drug-likeness (QED) is 0.829. The molecule has 0 aromatic heterocycles. The molecule has 0 saturated carbocycles. The lowest BCUT2D eigenvalue weighted by Gasteiger charge is -2.40. The SMILES string of the molecule is CC1CCCN1C1CCN(c2ccccc2S(=O)(=O)C(F)F)CC1. The molecule has 4 nitrogen and oxygen atoms in total. The van der Waals surface area contributed by atoms with Gasteiger partial charge in [0.05, 0.1) is 10.6 Å². The molecular formula is C17H24F2N2O2S. The van der Waals surface area contributed by atoms with E-state index in [1.807, 2.05) is 4.90 Å². The Morgan fingerprint density at radius 2 is 1.75 bits per heavy atom. The number of para-hydroxylation sites is 1. The highest BCUT2D eigenvalue weighted by Gasteiger charge is 2.34. The van der Waals surface area contributed by atoms with Crippen LogP contribution < -0.4 is 4.90 Å². The molecule has 2 fully saturated rings. The number of nitrogens with zero attached hydrogens (tertiary/aromatic N) is 2. The van der Waals surface area contributed by atoms with Crippen molar-refractivity contribution in [1.29, 1.82) is 0 Å². The van der Waals surface area contributed by atoms with Gasteiger partial charge >= 0.3 is 5.76 Å². The highest BCUT2D eigenvalue weighted by atomic mass is 32.2. The van der Waals surface area contributed by atoms with Gasteiger partial charge < -0.3 is 4.90 Å². The fraction of sp³-hybridized carbons (Fsp3) is 0.647. The molecule has 0 radical (unpaired) electrons. The number of hydrogen-bond donors (Lipinski definition) is 0. The smallest absolute Gasteiger partial charge is 0.341 e. The maximum absolute atomic E-state index is 12.9. The first kappa shape index (κ1) is 17.6. The van der Waals surface area contributed by atoms with Crippen molar-refractivity contribution in [2.75, 3.05) is 24.5 Å². The Morgan fingerprint density at radius 1 is 1.08 bits per heavy atom. The van der Waals surface area contributed by atoms with Crippen LogP contribution in [0, 0.1) is 0 Å². The third-order valence-electron chi connectivity index (χ3n) is 5.28. The first-order valence-corrected chi connectivity index (χ1v) is 10.1. The van der Waals surface area contributed by atoms with Crippen molar-refractivity contribution in [3.05, 3.63) is 24.3 Å². The molecule has 3 rings (SSSR count). The predicted octanol–water partition coefficient (Wildman–Crippen LogP) is 3.14. The minimum Gasteiger partial charge on any atom is -0.370 e. The molecule has 0 N–H and O–H groups in total. The molecule has 0 bridgehead atoms. The molecule has 1 aromatic carbocycles. The summed E-state index contributed by atoms with van der Waals surface area (Å²) in [4.78, 5) is 4.22. The van der Waals surface area contributed by atoms with E-state index in [1.165, 1.54) is 25.0 Å². The van der Waals surface area contributed by atoms with E-state index in [0.717, 1.165) is 19.4 Å². The number of halogens is 2. The van der Waals surface area contributed by atoms with Crippen LogP contribution in [0.1, 0.15) is 32.6 Å². The second kappa shape index (κ2) is 6.96. The van der Waals surface area contributed by atoms with Crippen molar-refractivity contribution in [3.63, 3.8) is 0 Å². The third kappa shape index (κ3) is 3.28. The molecule has 0 amide bonds. The summed E-state index contributed by atoms with van der Waals surface area (Å²) in [5.41, 5.74) is 0.408. The lowest BCUT2D eigenvalue weighted by Crippen LogP contribution is -2.46. The molecule has 2 aliphatic heterocycles. The molecule has 7 heteroatoms. The van der Waals surface area contributed by atoms with Gasteiger partial charge in [0.25, 0.3) is 0 Å². The topological polar surface area (TPSA) is 40.6 Å². The van der Waals surface area contributed by atoms with E-state index < -0.39 is 15.6 Å². The Bertz CT molecular complexity index is 673. The number of piperidine rings is 1. The maximum atomic E-state index is 12.9. The van der Waals surface area contributed by atoms with E-state index >= 15 is 0 Å². The van der Waals surface area contributed by atoms with Gasteiger partial charge in [0.1, 0.15) is 0 Å². The third-order valence-corrected chi connectivity index (χ3v) is 6.71. The van der Waals surface area contributed by atoms with Crippen LogP contribution in [0.15, 0.2) is 29.2 Å². The van der Waals surface area contributed by atoms with E-state index in [9.17, 15) is 17.2 Å². The van der Waals surface area contributed by atoms with Crippen molar-refractivity contribution in [2.45, 2.75) is 55.3 Å². The van der Waals surface area contributed by atoms with Crippen LogP contribution in [0.25, 0.3) is 0 Å². The van der Waals surface area contributed by atoms with E-state index in [1.54, 1.807) is 12.1 Å². The lowest BCUT2D eigenvalue weighted by atomic mass is 10.0. The summed E-state index contributed by atoms with van der Waals surface area (Å²) < 4.78 is 49.7. The number of benzene rings is 1. The molecule has 1 aromatic rings. The zero-order chi connectivity index (χ0) is 17.3. The van der Waals surface area contributed by atoms with Gasteiger partial charge in [0, 0.05) is 25.2 Å². The fourth-order valence-corrected chi connectivity index (χ4v) is 4.94. The average Bonchev–Trinajstić information content (AvgIpc) is 3.01. The molecular weight excluding hydrogens is 334 g/mol. The van der Waals surface area contributed by atoms with Crippen LogP contribution in [0.4, 0.5) is 14.5 Å². The highest BCUT2D eigenvalue weighted by molar-refractivity contribution is 7.91. The molecule has 0 spiro atoms. The average molecular weight is 358 g/mol. The zero-order valence-corrected chi connectivity index (χ0v) is 14.7. The first-order chi connectivity index (χ1) is 11.4. The Morgan fingerprint density at radius 3 is 2.33 bits per heavy atom. The van der Waals surface area contributed by atoms with Crippen LogP contribution in [-0.4, -0.2) is 50.8 Å². The largest absolute Gasteiger partial charge is 0.370 e. The van der Waals surface area contributed by atoms with Gasteiger partial charge in [-0.05, 0) is 51.3 Å². The summed E-state index contributed by atoms with van der Waals surface area (Å²) in [6.07, 6.45) is 4.34. The second-order valence-electron chi connectivity index (χ2n) is 6.72. The molecule has 2 aliphatic rings. The second-order valence-corrected chi connectivity index (χ2v) is 8.61. The highest BCUT2D eigenvalue weighted by Crippen LogP contribution is 2.32. The van der Waals surface area contributed by atoms with Gasteiger partial charge in [-0.1, -0.05) is 12.1 Å². The predicted molar refractivity (Wildman–Crippen MR) is 90.3 cm³/mol. The zero-order valence-electron chi connectivity index (χ0n) is 13.9. The molecule has 1 unspecified atom stereocenters. The van der Waals surface area contributed by atoms with Gasteiger partial charge in [-0.15, -0.1) is 0 Å². The Kier molecular flexibility index (Phi) is 5.11. The number of likely N-dealkylation sites (tertiary alicyclic amines) is 1. The van der Waals surface area contributed by atoms with Crippen LogP contribution >= 0.6 is 0 Å². The number of hydrogen-bond acceptors (Lipinski definition) is 4. The molecule has 24 heavy (non-hydrogen) atoms. The summed E-state index contributed by atoms with van der Waals surface area (Å²) in [5, 5.41) is 0. The normalized spacial score (nSPS) is 24.0. The van der Waals surface area contributed by atoms with Crippen molar-refractivity contribution >= 4 is 15.5 Å². The van der Waals surface area contributed by atoms with Crippen LogP contribution in [0.2, 0.25) is 0 Å². The van der Waals surface area contributed by atoms with Crippen LogP contribution in [0.3, 0.4) is 0 Å². The Balaban J connectivity index is 1.76. The van der Waals surface area contributed by atoms with E-state index in [4.69, 9.17) is 0 Å². The van der Waals surface area contributed by atoms with Crippen molar-refractivity contribution in [2.24, 2.45) is 0 Å². The summed E-state index contributed by atoms with van der Waals surface area (Å²) in [7, 11) is -4.58. The number of rotatable bonds is 4. The molecule has 0 aliphatic carbocycles.